The number of benzene rings is 1. The van der Waals surface area contributed by atoms with Gasteiger partial charge in [0.15, 0.2) is 0 Å². The van der Waals surface area contributed by atoms with Crippen LogP contribution in [0.15, 0.2) is 24.3 Å². The highest BCUT2D eigenvalue weighted by Crippen LogP contribution is 2.26. The molecule has 0 aliphatic heterocycles. The molecule has 0 heterocycles. The van der Waals surface area contributed by atoms with Crippen LogP contribution in [-0.4, -0.2) is 17.0 Å². The number of aliphatic carboxylic acids is 1. The van der Waals surface area contributed by atoms with Crippen molar-refractivity contribution in [2.24, 2.45) is 11.8 Å². The van der Waals surface area contributed by atoms with Crippen molar-refractivity contribution in [3.8, 4) is 0 Å². The molecule has 2 rings (SSSR count). The van der Waals surface area contributed by atoms with Crippen molar-refractivity contribution in [1.29, 1.82) is 0 Å². The molecule has 1 aromatic carbocycles. The Kier molecular flexibility index (Phi) is 5.99. The number of hydrogen-bond acceptors (Lipinski definition) is 2. The van der Waals surface area contributed by atoms with E-state index in [1.807, 2.05) is 24.3 Å². The van der Waals surface area contributed by atoms with E-state index in [-0.39, 0.29) is 5.91 Å². The Morgan fingerprint density at radius 2 is 1.82 bits per heavy atom. The molecule has 0 saturated heterocycles. The maximum atomic E-state index is 12.0. The molecule has 1 fully saturated rings. The van der Waals surface area contributed by atoms with Crippen molar-refractivity contribution in [2.75, 3.05) is 5.32 Å². The average molecular weight is 303 g/mol. The SMILES string of the molecule is CC(Cc1ccc(NC(=O)CC2CCCCC2)cc1)C(=O)O. The molecule has 1 aliphatic carbocycles. The van der Waals surface area contributed by atoms with Crippen molar-refractivity contribution < 1.29 is 14.7 Å². The molecule has 22 heavy (non-hydrogen) atoms. The molecule has 1 aliphatic rings. The second-order valence-corrected chi connectivity index (χ2v) is 6.40. The number of anilines is 1. The van der Waals surface area contributed by atoms with E-state index in [0.717, 1.165) is 11.3 Å². The smallest absolute Gasteiger partial charge is 0.306 e. The summed E-state index contributed by atoms with van der Waals surface area (Å²) in [5.74, 6) is -0.570. The maximum Gasteiger partial charge on any atom is 0.306 e. The number of nitrogens with one attached hydrogen (secondary N) is 1. The van der Waals surface area contributed by atoms with Crippen LogP contribution in [0.4, 0.5) is 5.69 Å². The quantitative estimate of drug-likeness (QED) is 0.838. The zero-order chi connectivity index (χ0) is 15.9. The minimum absolute atomic E-state index is 0.0820. The van der Waals surface area contributed by atoms with Crippen LogP contribution in [0.5, 0.6) is 0 Å². The van der Waals surface area contributed by atoms with Gasteiger partial charge in [-0.05, 0) is 42.9 Å². The van der Waals surface area contributed by atoms with Gasteiger partial charge in [-0.3, -0.25) is 9.59 Å². The third-order valence-corrected chi connectivity index (χ3v) is 4.40. The maximum absolute atomic E-state index is 12.0. The third kappa shape index (κ3) is 5.17. The predicted octanol–water partition coefficient (Wildman–Crippen LogP) is 3.86. The van der Waals surface area contributed by atoms with E-state index in [2.05, 4.69) is 5.32 Å². The van der Waals surface area contributed by atoms with Gasteiger partial charge in [0.2, 0.25) is 5.91 Å². The normalized spacial score (nSPS) is 17.0. The lowest BCUT2D eigenvalue weighted by molar-refractivity contribution is -0.141. The summed E-state index contributed by atoms with van der Waals surface area (Å²) in [7, 11) is 0. The fraction of sp³-hybridized carbons (Fsp3) is 0.556. The molecule has 0 bridgehead atoms. The van der Waals surface area contributed by atoms with Gasteiger partial charge in [0, 0.05) is 12.1 Å². The monoisotopic (exact) mass is 303 g/mol. The van der Waals surface area contributed by atoms with E-state index < -0.39 is 11.9 Å². The summed E-state index contributed by atoms with van der Waals surface area (Å²) >= 11 is 0. The zero-order valence-electron chi connectivity index (χ0n) is 13.2. The van der Waals surface area contributed by atoms with Crippen LogP contribution in [0.2, 0.25) is 0 Å². The molecule has 120 valence electrons. The number of rotatable bonds is 6. The minimum atomic E-state index is -0.787. The molecule has 1 unspecified atom stereocenters. The summed E-state index contributed by atoms with van der Waals surface area (Å²) in [6.45, 7) is 1.70. The number of carboxylic acid groups (broad SMARTS) is 1. The van der Waals surface area contributed by atoms with Crippen LogP contribution < -0.4 is 5.32 Å². The summed E-state index contributed by atoms with van der Waals surface area (Å²) in [4.78, 5) is 22.9. The highest BCUT2D eigenvalue weighted by Gasteiger charge is 2.17. The van der Waals surface area contributed by atoms with Crippen molar-refractivity contribution in [2.45, 2.75) is 51.9 Å². The molecular weight excluding hydrogens is 278 g/mol. The zero-order valence-corrected chi connectivity index (χ0v) is 13.2. The lowest BCUT2D eigenvalue weighted by Gasteiger charge is -2.20. The summed E-state index contributed by atoms with van der Waals surface area (Å²) in [6.07, 6.45) is 7.24. The fourth-order valence-electron chi connectivity index (χ4n) is 3.03. The minimum Gasteiger partial charge on any atom is -0.481 e. The van der Waals surface area contributed by atoms with Gasteiger partial charge in [0.25, 0.3) is 0 Å². The van der Waals surface area contributed by atoms with Crippen LogP contribution in [0.1, 0.15) is 51.0 Å². The van der Waals surface area contributed by atoms with Crippen molar-refractivity contribution in [3.05, 3.63) is 29.8 Å². The lowest BCUT2D eigenvalue weighted by Crippen LogP contribution is -2.18. The first-order valence-electron chi connectivity index (χ1n) is 8.16. The molecule has 2 N–H and O–H groups in total. The summed E-state index contributed by atoms with van der Waals surface area (Å²) in [5.41, 5.74) is 1.76. The Hall–Kier alpha value is -1.84. The third-order valence-electron chi connectivity index (χ3n) is 4.40. The molecule has 0 aromatic heterocycles. The number of hydrogen-bond donors (Lipinski definition) is 2. The molecule has 4 nitrogen and oxygen atoms in total. The van der Waals surface area contributed by atoms with E-state index in [1.54, 1.807) is 6.92 Å². The largest absolute Gasteiger partial charge is 0.481 e. The van der Waals surface area contributed by atoms with Gasteiger partial charge in [0.1, 0.15) is 0 Å². The van der Waals surface area contributed by atoms with E-state index >= 15 is 0 Å². The topological polar surface area (TPSA) is 66.4 Å². The van der Waals surface area contributed by atoms with Crippen molar-refractivity contribution in [3.63, 3.8) is 0 Å². The average Bonchev–Trinajstić information content (AvgIpc) is 2.50. The number of carbonyl (C=O) groups is 2. The van der Waals surface area contributed by atoms with Crippen LogP contribution in [0.3, 0.4) is 0 Å². The van der Waals surface area contributed by atoms with Gasteiger partial charge in [-0.1, -0.05) is 38.3 Å². The van der Waals surface area contributed by atoms with Crippen molar-refractivity contribution in [1.82, 2.24) is 0 Å². The second-order valence-electron chi connectivity index (χ2n) is 6.40. The van der Waals surface area contributed by atoms with Gasteiger partial charge in [-0.15, -0.1) is 0 Å². The second kappa shape index (κ2) is 7.97. The predicted molar refractivity (Wildman–Crippen MR) is 86.8 cm³/mol. The lowest BCUT2D eigenvalue weighted by atomic mass is 9.87. The molecule has 0 radical (unpaired) electrons. The van der Waals surface area contributed by atoms with Crippen LogP contribution in [0.25, 0.3) is 0 Å². The van der Waals surface area contributed by atoms with Gasteiger partial charge >= 0.3 is 5.97 Å². The first-order valence-corrected chi connectivity index (χ1v) is 8.16. The van der Waals surface area contributed by atoms with Gasteiger partial charge in [0.05, 0.1) is 5.92 Å². The van der Waals surface area contributed by atoms with E-state index in [9.17, 15) is 9.59 Å². The first-order chi connectivity index (χ1) is 10.5. The Morgan fingerprint density at radius 1 is 1.18 bits per heavy atom. The highest BCUT2D eigenvalue weighted by atomic mass is 16.4. The Bertz CT molecular complexity index is 504. The van der Waals surface area contributed by atoms with E-state index in [4.69, 9.17) is 5.11 Å². The Labute approximate surface area is 131 Å². The molecule has 1 atom stereocenters. The molecule has 4 heteroatoms. The molecule has 1 aromatic rings. The van der Waals surface area contributed by atoms with Gasteiger partial charge in [-0.2, -0.15) is 0 Å². The standard InChI is InChI=1S/C18H25NO3/c1-13(18(21)22)11-15-7-9-16(10-8-15)19-17(20)12-14-5-3-2-4-6-14/h7-10,13-14H,2-6,11-12H2,1H3,(H,19,20)(H,21,22). The molecule has 0 spiro atoms. The number of carboxylic acids is 1. The van der Waals surface area contributed by atoms with Crippen LogP contribution in [-0.2, 0) is 16.0 Å². The van der Waals surface area contributed by atoms with Gasteiger partial charge < -0.3 is 10.4 Å². The van der Waals surface area contributed by atoms with Gasteiger partial charge in [-0.25, -0.2) is 0 Å². The van der Waals surface area contributed by atoms with Crippen molar-refractivity contribution >= 4 is 17.6 Å². The van der Waals surface area contributed by atoms with E-state index in [0.29, 0.717) is 18.8 Å². The van der Waals surface area contributed by atoms with E-state index in [1.165, 1.54) is 32.1 Å². The highest BCUT2D eigenvalue weighted by molar-refractivity contribution is 5.90. The Morgan fingerprint density at radius 3 is 2.41 bits per heavy atom. The van der Waals surface area contributed by atoms with Crippen LogP contribution >= 0.6 is 0 Å². The molecule has 1 saturated carbocycles. The molecule has 1 amide bonds. The first kappa shape index (κ1) is 16.5. The Balaban J connectivity index is 1.82. The number of amides is 1. The summed E-state index contributed by atoms with van der Waals surface area (Å²) < 4.78 is 0. The molecular formula is C18H25NO3. The summed E-state index contributed by atoms with van der Waals surface area (Å²) in [5, 5.41) is 11.9. The summed E-state index contributed by atoms with van der Waals surface area (Å²) in [6, 6.07) is 7.47. The number of carbonyl (C=O) groups excluding carboxylic acids is 1. The fourth-order valence-corrected chi connectivity index (χ4v) is 3.03. The van der Waals surface area contributed by atoms with Crippen LogP contribution in [0, 0.1) is 11.8 Å².